The number of nitrogens with two attached hydrogens (primary N) is 1. The van der Waals surface area contributed by atoms with Gasteiger partial charge in [0.1, 0.15) is 11.5 Å². The lowest BCUT2D eigenvalue weighted by Gasteiger charge is -2.34. The van der Waals surface area contributed by atoms with Gasteiger partial charge in [0, 0.05) is 11.6 Å². The van der Waals surface area contributed by atoms with Crippen molar-refractivity contribution in [2.24, 2.45) is 5.73 Å². The van der Waals surface area contributed by atoms with Gasteiger partial charge in [-0.15, -0.1) is 0 Å². The highest BCUT2D eigenvalue weighted by molar-refractivity contribution is 5.42. The van der Waals surface area contributed by atoms with Crippen molar-refractivity contribution in [3.63, 3.8) is 0 Å². The molecule has 0 aliphatic heterocycles. The lowest BCUT2D eigenvalue weighted by Crippen LogP contribution is -2.47. The van der Waals surface area contributed by atoms with E-state index >= 15 is 0 Å². The summed E-state index contributed by atoms with van der Waals surface area (Å²) in [5, 5.41) is 9.87. The molecule has 0 spiro atoms. The molecule has 24 heavy (non-hydrogen) atoms. The number of quaternary nitrogens is 1. The van der Waals surface area contributed by atoms with E-state index < -0.39 is 6.10 Å². The van der Waals surface area contributed by atoms with E-state index in [0.29, 0.717) is 17.1 Å². The maximum atomic E-state index is 9.87. The molecule has 0 aliphatic rings. The molecule has 0 amide bonds. The predicted octanol–water partition coefficient (Wildman–Crippen LogP) is 2.97. The number of benzene rings is 1. The van der Waals surface area contributed by atoms with Gasteiger partial charge >= 0.3 is 0 Å². The van der Waals surface area contributed by atoms with Gasteiger partial charge in [-0.3, -0.25) is 0 Å². The van der Waals surface area contributed by atoms with Crippen LogP contribution in [0.1, 0.15) is 46.3 Å². The second kappa shape index (κ2) is 11.3. The Hall–Kier alpha value is -1.30. The van der Waals surface area contributed by atoms with Crippen LogP contribution < -0.4 is 15.2 Å². The standard InChI is InChI=1S/C11H17NO3.C8H20N/c1-7(12)11(13)9-6-8(14-2)4-5-10(9)15-3;1-5-9(6-2,7-3)8-4/h4-7,11,13H,12H2,1-3H3;5-8H2,1-4H3/q;+1. The van der Waals surface area contributed by atoms with Gasteiger partial charge in [-0.05, 0) is 52.8 Å². The fourth-order valence-electron chi connectivity index (χ4n) is 2.70. The third-order valence-corrected chi connectivity index (χ3v) is 4.94. The van der Waals surface area contributed by atoms with E-state index in [4.69, 9.17) is 15.2 Å². The molecule has 1 aromatic carbocycles. The van der Waals surface area contributed by atoms with Crippen molar-refractivity contribution >= 4 is 0 Å². The van der Waals surface area contributed by atoms with Gasteiger partial charge in [-0.1, -0.05) is 0 Å². The first-order valence-corrected chi connectivity index (χ1v) is 8.85. The summed E-state index contributed by atoms with van der Waals surface area (Å²) in [4.78, 5) is 0. The van der Waals surface area contributed by atoms with E-state index in [-0.39, 0.29) is 6.04 Å². The quantitative estimate of drug-likeness (QED) is 0.714. The number of aliphatic hydroxyl groups is 1. The predicted molar refractivity (Wildman–Crippen MR) is 101 cm³/mol. The van der Waals surface area contributed by atoms with Crippen molar-refractivity contribution < 1.29 is 19.1 Å². The van der Waals surface area contributed by atoms with Crippen LogP contribution in [0.15, 0.2) is 18.2 Å². The number of nitrogens with zero attached hydrogens (tertiary/aromatic N) is 1. The van der Waals surface area contributed by atoms with E-state index in [9.17, 15) is 5.11 Å². The van der Waals surface area contributed by atoms with Crippen LogP contribution in [-0.2, 0) is 0 Å². The number of hydrogen-bond donors (Lipinski definition) is 2. The summed E-state index contributed by atoms with van der Waals surface area (Å²) < 4.78 is 11.5. The minimum absolute atomic E-state index is 0.356. The monoisotopic (exact) mass is 341 g/mol. The molecule has 2 atom stereocenters. The highest BCUT2D eigenvalue weighted by atomic mass is 16.5. The SMILES string of the molecule is CC[N+](CC)(CC)CC.COc1ccc(OC)c(C(O)C(C)N)c1. The molecule has 1 rings (SSSR count). The van der Waals surface area contributed by atoms with Crippen molar-refractivity contribution in [2.45, 2.75) is 46.8 Å². The van der Waals surface area contributed by atoms with E-state index in [0.717, 1.165) is 0 Å². The van der Waals surface area contributed by atoms with Crippen LogP contribution in [0.5, 0.6) is 11.5 Å². The Morgan fingerprint density at radius 3 is 1.79 bits per heavy atom. The van der Waals surface area contributed by atoms with Crippen molar-refractivity contribution in [3.8, 4) is 11.5 Å². The second-order valence-electron chi connectivity index (χ2n) is 6.02. The zero-order chi connectivity index (χ0) is 18.8. The van der Waals surface area contributed by atoms with Crippen molar-refractivity contribution in [3.05, 3.63) is 23.8 Å². The van der Waals surface area contributed by atoms with Gasteiger partial charge in [-0.25, -0.2) is 0 Å². The first kappa shape index (κ1) is 22.7. The van der Waals surface area contributed by atoms with E-state index in [2.05, 4.69) is 27.7 Å². The first-order valence-electron chi connectivity index (χ1n) is 8.85. The molecule has 0 saturated heterocycles. The van der Waals surface area contributed by atoms with E-state index in [1.807, 2.05) is 0 Å². The average Bonchev–Trinajstić information content (AvgIpc) is 2.63. The number of methoxy groups -OCH3 is 2. The fourth-order valence-corrected chi connectivity index (χ4v) is 2.70. The van der Waals surface area contributed by atoms with Crippen molar-refractivity contribution in [1.29, 1.82) is 0 Å². The highest BCUT2D eigenvalue weighted by Crippen LogP contribution is 2.30. The number of rotatable bonds is 8. The molecule has 0 fully saturated rings. The van der Waals surface area contributed by atoms with Crippen LogP contribution in [0.3, 0.4) is 0 Å². The number of aliphatic hydroxyl groups excluding tert-OH is 1. The van der Waals surface area contributed by atoms with Crippen LogP contribution in [0.25, 0.3) is 0 Å². The minimum atomic E-state index is -0.755. The lowest BCUT2D eigenvalue weighted by atomic mass is 10.0. The van der Waals surface area contributed by atoms with Gasteiger partial charge < -0.3 is 24.8 Å². The Balaban J connectivity index is 0.000000506. The summed E-state index contributed by atoms with van der Waals surface area (Å²) >= 11 is 0. The summed E-state index contributed by atoms with van der Waals surface area (Å²) in [7, 11) is 3.13. The average molecular weight is 342 g/mol. The molecule has 2 unspecified atom stereocenters. The molecule has 5 nitrogen and oxygen atoms in total. The molecule has 0 heterocycles. The minimum Gasteiger partial charge on any atom is -0.497 e. The molecule has 3 N–H and O–H groups in total. The topological polar surface area (TPSA) is 64.7 Å². The molecular weight excluding hydrogens is 304 g/mol. The van der Waals surface area contributed by atoms with Crippen LogP contribution in [0.2, 0.25) is 0 Å². The molecule has 0 radical (unpaired) electrons. The zero-order valence-electron chi connectivity index (χ0n) is 16.5. The molecule has 140 valence electrons. The molecule has 5 heteroatoms. The molecule has 1 aromatic rings. The Bertz CT molecular complexity index is 442. The summed E-state index contributed by atoms with van der Waals surface area (Å²) in [6.07, 6.45) is -0.755. The molecule has 0 bridgehead atoms. The smallest absolute Gasteiger partial charge is 0.124 e. The summed E-state index contributed by atoms with van der Waals surface area (Å²) in [6, 6.07) is 4.90. The number of hydrogen-bond acceptors (Lipinski definition) is 4. The normalized spacial score (nSPS) is 13.5. The van der Waals surface area contributed by atoms with Gasteiger partial charge in [0.05, 0.1) is 46.5 Å². The zero-order valence-corrected chi connectivity index (χ0v) is 16.5. The third-order valence-electron chi connectivity index (χ3n) is 4.94. The Kier molecular flexibility index (Phi) is 10.7. The Morgan fingerprint density at radius 2 is 1.50 bits per heavy atom. The maximum absolute atomic E-state index is 9.87. The molecule has 0 saturated carbocycles. The fraction of sp³-hybridized carbons (Fsp3) is 0.684. The lowest BCUT2D eigenvalue weighted by molar-refractivity contribution is -0.921. The van der Waals surface area contributed by atoms with Crippen LogP contribution in [0, 0.1) is 0 Å². The summed E-state index contributed by atoms with van der Waals surface area (Å²) in [5.74, 6) is 1.28. The van der Waals surface area contributed by atoms with Gasteiger partial charge in [-0.2, -0.15) is 0 Å². The molecule has 0 aromatic heterocycles. The van der Waals surface area contributed by atoms with E-state index in [1.54, 1.807) is 39.3 Å². The number of ether oxygens (including phenoxy) is 2. The van der Waals surface area contributed by atoms with Gasteiger partial charge in [0.2, 0.25) is 0 Å². The molecule has 0 aliphatic carbocycles. The Morgan fingerprint density at radius 1 is 1.00 bits per heavy atom. The Labute approximate surface area is 148 Å². The van der Waals surface area contributed by atoms with Crippen molar-refractivity contribution in [1.82, 2.24) is 0 Å². The molecular formula is C19H37N2O3+. The highest BCUT2D eigenvalue weighted by Gasteiger charge is 2.18. The van der Waals surface area contributed by atoms with Crippen molar-refractivity contribution in [2.75, 3.05) is 40.4 Å². The van der Waals surface area contributed by atoms with Crippen LogP contribution >= 0.6 is 0 Å². The third kappa shape index (κ3) is 6.30. The van der Waals surface area contributed by atoms with Crippen LogP contribution in [-0.4, -0.2) is 56.0 Å². The van der Waals surface area contributed by atoms with Gasteiger partial charge in [0.15, 0.2) is 0 Å². The van der Waals surface area contributed by atoms with Crippen LogP contribution in [0.4, 0.5) is 0 Å². The largest absolute Gasteiger partial charge is 0.497 e. The summed E-state index contributed by atoms with van der Waals surface area (Å²) in [6.45, 7) is 16.0. The summed E-state index contributed by atoms with van der Waals surface area (Å²) in [5.41, 5.74) is 6.28. The second-order valence-corrected chi connectivity index (χ2v) is 6.02. The van der Waals surface area contributed by atoms with E-state index in [1.165, 1.54) is 30.7 Å². The maximum Gasteiger partial charge on any atom is 0.124 e. The van der Waals surface area contributed by atoms with Gasteiger partial charge in [0.25, 0.3) is 0 Å². The first-order chi connectivity index (χ1) is 11.3.